The highest BCUT2D eigenvalue weighted by molar-refractivity contribution is 7.93. The molecule has 0 aliphatic heterocycles. The highest BCUT2D eigenvalue weighted by Gasteiger charge is 2.45. The number of ether oxygens (including phenoxy) is 1. The molecular formula is C28H35ClF2N4O5S. The highest BCUT2D eigenvalue weighted by Crippen LogP contribution is 2.38. The number of carbonyl (C=O) groups excluding carboxylic acids is 2. The van der Waals surface area contributed by atoms with Crippen LogP contribution in [0.3, 0.4) is 0 Å². The minimum absolute atomic E-state index is 0.0472. The van der Waals surface area contributed by atoms with Crippen molar-refractivity contribution < 1.29 is 31.5 Å². The van der Waals surface area contributed by atoms with Crippen molar-refractivity contribution in [2.75, 3.05) is 16.0 Å². The van der Waals surface area contributed by atoms with Crippen LogP contribution in [0.15, 0.2) is 30.3 Å². The van der Waals surface area contributed by atoms with E-state index < -0.39 is 44.1 Å². The zero-order chi connectivity index (χ0) is 29.9. The van der Waals surface area contributed by atoms with Crippen molar-refractivity contribution in [3.8, 4) is 5.75 Å². The van der Waals surface area contributed by atoms with Crippen LogP contribution in [0.4, 0.5) is 30.6 Å². The van der Waals surface area contributed by atoms with Crippen LogP contribution in [-0.4, -0.2) is 37.1 Å². The maximum Gasteiger partial charge on any atom is 0.323 e. The second-order valence-corrected chi connectivity index (χ2v) is 13.7. The summed E-state index contributed by atoms with van der Waals surface area (Å²) >= 11 is 5.79. The molecule has 0 radical (unpaired) electrons. The molecule has 3 amide bonds. The van der Waals surface area contributed by atoms with Gasteiger partial charge in [0.2, 0.25) is 0 Å². The molecule has 13 heteroatoms. The molecule has 5 N–H and O–H groups in total. The molecule has 224 valence electrons. The zero-order valence-electron chi connectivity index (χ0n) is 22.9. The Kier molecular flexibility index (Phi) is 9.63. The van der Waals surface area contributed by atoms with Gasteiger partial charge >= 0.3 is 6.03 Å². The van der Waals surface area contributed by atoms with Gasteiger partial charge in [0.1, 0.15) is 11.6 Å². The van der Waals surface area contributed by atoms with Crippen molar-refractivity contribution in [3.05, 3.63) is 47.0 Å². The van der Waals surface area contributed by atoms with Gasteiger partial charge in [0.25, 0.3) is 11.3 Å². The lowest BCUT2D eigenvalue weighted by Crippen LogP contribution is -2.42. The maximum atomic E-state index is 15.8. The number of anilines is 3. The lowest BCUT2D eigenvalue weighted by Gasteiger charge is -2.35. The van der Waals surface area contributed by atoms with E-state index in [0.29, 0.717) is 12.8 Å². The molecule has 0 bridgehead atoms. The van der Waals surface area contributed by atoms with Crippen LogP contribution >= 0.6 is 11.6 Å². The summed E-state index contributed by atoms with van der Waals surface area (Å²) in [5.41, 5.74) is 3.01. The van der Waals surface area contributed by atoms with Crippen LogP contribution in [0.25, 0.3) is 0 Å². The molecule has 2 aliphatic rings. The fourth-order valence-corrected chi connectivity index (χ4v) is 7.10. The summed E-state index contributed by atoms with van der Waals surface area (Å²) in [4.78, 5) is 25.0. The van der Waals surface area contributed by atoms with E-state index >= 15 is 4.39 Å². The van der Waals surface area contributed by atoms with Gasteiger partial charge in [0.05, 0.1) is 22.3 Å². The number of rotatable bonds is 11. The Morgan fingerprint density at radius 1 is 0.976 bits per heavy atom. The average Bonchev–Trinajstić information content (AvgIpc) is 3.75. The van der Waals surface area contributed by atoms with Crippen molar-refractivity contribution in [1.29, 1.82) is 0 Å². The van der Waals surface area contributed by atoms with Gasteiger partial charge in [0.15, 0.2) is 15.7 Å². The van der Waals surface area contributed by atoms with Crippen LogP contribution in [0, 0.1) is 23.5 Å². The Bertz CT molecular complexity index is 1400. The zero-order valence-corrected chi connectivity index (χ0v) is 24.5. The topological polar surface area (TPSA) is 140 Å². The quantitative estimate of drug-likeness (QED) is 0.244. The number of benzene rings is 2. The summed E-state index contributed by atoms with van der Waals surface area (Å²) in [5, 5.41) is 7.50. The van der Waals surface area contributed by atoms with E-state index in [1.54, 1.807) is 0 Å². The molecule has 4 rings (SSSR count). The molecule has 9 nitrogen and oxygen atoms in total. The van der Waals surface area contributed by atoms with Crippen molar-refractivity contribution in [2.45, 2.75) is 75.5 Å². The molecule has 2 aromatic rings. The number of halogens is 3. The van der Waals surface area contributed by atoms with E-state index in [2.05, 4.69) is 16.0 Å². The number of hydrogen-bond acceptors (Lipinski definition) is 6. The molecule has 41 heavy (non-hydrogen) atoms. The van der Waals surface area contributed by atoms with E-state index in [0.717, 1.165) is 44.2 Å². The largest absolute Gasteiger partial charge is 0.464 e. The Balaban J connectivity index is 1.67. The Labute approximate surface area is 243 Å². The first kappa shape index (κ1) is 30.8. The molecule has 2 aliphatic carbocycles. The monoisotopic (exact) mass is 612 g/mol. The van der Waals surface area contributed by atoms with Crippen molar-refractivity contribution >= 4 is 50.4 Å². The normalized spacial score (nSPS) is 17.5. The van der Waals surface area contributed by atoms with Crippen molar-refractivity contribution in [2.24, 2.45) is 17.6 Å². The second-order valence-electron chi connectivity index (χ2n) is 11.0. The SMILES string of the molecule is CC(C)C(Nc1c(F)cc(OC(C(N)=O)S(=O)(=O)C2CC2)cc1NC(=O)Nc1ccc(Cl)cc1F)C1CCCCC1. The Morgan fingerprint density at radius 3 is 2.22 bits per heavy atom. The number of hydrogen-bond donors (Lipinski definition) is 4. The number of amides is 3. The molecule has 0 saturated heterocycles. The van der Waals surface area contributed by atoms with Gasteiger partial charge in [-0.25, -0.2) is 22.0 Å². The average molecular weight is 613 g/mol. The van der Waals surface area contributed by atoms with E-state index in [1.807, 2.05) is 13.8 Å². The van der Waals surface area contributed by atoms with Crippen LogP contribution in [0.2, 0.25) is 5.02 Å². The Hall–Kier alpha value is -3.12. The molecule has 0 aromatic heterocycles. The van der Waals surface area contributed by atoms with Gasteiger partial charge in [-0.15, -0.1) is 0 Å². The van der Waals surface area contributed by atoms with Crippen molar-refractivity contribution in [1.82, 2.24) is 0 Å². The fraction of sp³-hybridized carbons (Fsp3) is 0.500. The molecule has 0 spiro atoms. The third kappa shape index (κ3) is 7.59. The minimum Gasteiger partial charge on any atom is -0.464 e. The summed E-state index contributed by atoms with van der Waals surface area (Å²) in [6.07, 6.45) is 5.95. The van der Waals surface area contributed by atoms with E-state index in [9.17, 15) is 22.4 Å². The highest BCUT2D eigenvalue weighted by atomic mass is 35.5. The van der Waals surface area contributed by atoms with Gasteiger partial charge in [0, 0.05) is 23.2 Å². The number of nitrogens with one attached hydrogen (secondary N) is 3. The van der Waals surface area contributed by atoms with Gasteiger partial charge in [-0.1, -0.05) is 44.7 Å². The third-order valence-corrected chi connectivity index (χ3v) is 10.0. The van der Waals surface area contributed by atoms with Gasteiger partial charge in [-0.2, -0.15) is 0 Å². The van der Waals surface area contributed by atoms with E-state index in [1.165, 1.54) is 18.2 Å². The summed E-state index contributed by atoms with van der Waals surface area (Å²) in [6.45, 7) is 4.04. The minimum atomic E-state index is -4.06. The molecule has 2 aromatic carbocycles. The summed E-state index contributed by atoms with van der Waals surface area (Å²) in [5.74, 6) is -2.80. The summed E-state index contributed by atoms with van der Waals surface area (Å²) in [6, 6.07) is 4.81. The first-order valence-corrected chi connectivity index (χ1v) is 15.7. The molecular weight excluding hydrogens is 578 g/mol. The predicted molar refractivity (Wildman–Crippen MR) is 155 cm³/mol. The lowest BCUT2D eigenvalue weighted by molar-refractivity contribution is -0.121. The first-order valence-electron chi connectivity index (χ1n) is 13.7. The number of nitrogens with two attached hydrogens (primary N) is 1. The first-order chi connectivity index (χ1) is 19.4. The smallest absolute Gasteiger partial charge is 0.323 e. The summed E-state index contributed by atoms with van der Waals surface area (Å²) < 4.78 is 61.0. The lowest BCUT2D eigenvalue weighted by atomic mass is 9.79. The molecule has 2 atom stereocenters. The second kappa shape index (κ2) is 12.8. The van der Waals surface area contributed by atoms with Crippen LogP contribution in [0.5, 0.6) is 5.75 Å². The number of carbonyl (C=O) groups is 2. The van der Waals surface area contributed by atoms with Crippen LogP contribution in [0.1, 0.15) is 58.8 Å². The standard InChI is InChI=1S/C28H35ClF2N4O5S/c1-15(2)24(16-6-4-3-5-7-16)35-25-21(31)13-18(40-27(26(32)36)41(38,39)19-9-10-19)14-23(25)34-28(37)33-22-11-8-17(29)12-20(22)30/h8,11-16,19,24,27,35H,3-7,9-10H2,1-2H3,(H2,32,36)(H2,33,34,37). The van der Waals surface area contributed by atoms with Crippen molar-refractivity contribution in [3.63, 3.8) is 0 Å². The predicted octanol–water partition coefficient (Wildman–Crippen LogP) is 6.05. The van der Waals surface area contributed by atoms with Crippen LogP contribution < -0.4 is 26.4 Å². The van der Waals surface area contributed by atoms with Crippen LogP contribution in [-0.2, 0) is 14.6 Å². The Morgan fingerprint density at radius 2 is 1.63 bits per heavy atom. The maximum absolute atomic E-state index is 15.8. The van der Waals surface area contributed by atoms with E-state index in [-0.39, 0.29) is 45.7 Å². The van der Waals surface area contributed by atoms with Gasteiger partial charge in [-0.05, 0) is 55.7 Å². The molecule has 2 fully saturated rings. The van der Waals surface area contributed by atoms with Gasteiger partial charge in [-0.3, -0.25) is 4.79 Å². The molecule has 2 saturated carbocycles. The number of primary amides is 1. The molecule has 0 heterocycles. The fourth-order valence-electron chi connectivity index (χ4n) is 5.23. The molecule has 2 unspecified atom stereocenters. The van der Waals surface area contributed by atoms with Gasteiger partial charge < -0.3 is 26.4 Å². The van der Waals surface area contributed by atoms with E-state index in [4.69, 9.17) is 22.1 Å². The third-order valence-electron chi connectivity index (χ3n) is 7.44. The summed E-state index contributed by atoms with van der Waals surface area (Å²) in [7, 11) is -4.06. The number of sulfone groups is 1. The number of urea groups is 1.